The lowest BCUT2D eigenvalue weighted by Gasteiger charge is -2.14. The van der Waals surface area contributed by atoms with E-state index in [2.05, 4.69) is 29.5 Å². The van der Waals surface area contributed by atoms with Gasteiger partial charge in [-0.3, -0.25) is 4.79 Å². The minimum Gasteiger partial charge on any atom is -0.497 e. The molecule has 0 saturated heterocycles. The molecule has 0 radical (unpaired) electrons. The average Bonchev–Trinajstić information content (AvgIpc) is 3.45. The Morgan fingerprint density at radius 3 is 2.27 bits per heavy atom. The Morgan fingerprint density at radius 2 is 1.81 bits per heavy atom. The molecule has 1 atom stereocenters. The summed E-state index contributed by atoms with van der Waals surface area (Å²) < 4.78 is 5.10. The van der Waals surface area contributed by atoms with Crippen LogP contribution in [0.3, 0.4) is 0 Å². The van der Waals surface area contributed by atoms with Crippen molar-refractivity contribution in [2.24, 2.45) is 16.7 Å². The summed E-state index contributed by atoms with van der Waals surface area (Å²) in [4.78, 5) is 10.3. The molecule has 138 valence electrons. The zero-order valence-corrected chi connectivity index (χ0v) is 15.2. The molecule has 1 aliphatic carbocycles. The zero-order chi connectivity index (χ0) is 19.0. The van der Waals surface area contributed by atoms with Gasteiger partial charge in [0.2, 0.25) is 6.41 Å². The van der Waals surface area contributed by atoms with E-state index in [4.69, 9.17) is 16.3 Å². The van der Waals surface area contributed by atoms with Crippen LogP contribution in [0.1, 0.15) is 36.9 Å². The van der Waals surface area contributed by atoms with Crippen LogP contribution in [0.2, 0.25) is 0 Å². The number of carbonyl (C=O) groups is 1. The van der Waals surface area contributed by atoms with E-state index in [9.17, 15) is 4.79 Å². The Morgan fingerprint density at radius 1 is 1.19 bits per heavy atom. The molecule has 1 aliphatic rings. The molecule has 2 aromatic rings. The van der Waals surface area contributed by atoms with Gasteiger partial charge in [0.1, 0.15) is 17.6 Å². The lowest BCUT2D eigenvalue weighted by molar-refractivity contribution is -0.109. The van der Waals surface area contributed by atoms with Crippen molar-refractivity contribution in [1.82, 2.24) is 5.32 Å². The number of nitrogens with zero attached hydrogens (tertiary/aromatic N) is 1. The van der Waals surface area contributed by atoms with Crippen LogP contribution in [-0.4, -0.2) is 19.4 Å². The molecule has 0 aliphatic heterocycles. The number of rotatable bonds is 6. The molecule has 6 nitrogen and oxygen atoms in total. The van der Waals surface area contributed by atoms with Crippen molar-refractivity contribution in [3.8, 4) is 5.75 Å². The Bertz CT molecular complexity index is 725. The third-order valence-corrected chi connectivity index (χ3v) is 4.60. The lowest BCUT2D eigenvalue weighted by Crippen LogP contribution is -2.33. The molecule has 1 saturated carbocycles. The number of carbonyl (C=O) groups excluding carboxylic acids is 1. The highest BCUT2D eigenvalue weighted by molar-refractivity contribution is 5.88. The minimum absolute atomic E-state index is 0.170. The first-order valence-electron chi connectivity index (χ1n) is 8.46. The van der Waals surface area contributed by atoms with Crippen LogP contribution >= 0.6 is 0 Å². The average molecular weight is 354 g/mol. The fourth-order valence-corrected chi connectivity index (χ4v) is 2.61. The number of methoxy groups -OCH3 is 1. The van der Waals surface area contributed by atoms with Gasteiger partial charge in [0.05, 0.1) is 7.11 Å². The first-order valence-corrected chi connectivity index (χ1v) is 8.46. The molecule has 1 amide bonds. The molecular weight excluding hydrogens is 328 g/mol. The molecule has 1 unspecified atom stereocenters. The monoisotopic (exact) mass is 354 g/mol. The van der Waals surface area contributed by atoms with Gasteiger partial charge in [-0.15, -0.1) is 0 Å². The van der Waals surface area contributed by atoms with Gasteiger partial charge < -0.3 is 21.6 Å². The van der Waals surface area contributed by atoms with Gasteiger partial charge in [0.15, 0.2) is 0 Å². The second-order valence-corrected chi connectivity index (χ2v) is 6.47. The van der Waals surface area contributed by atoms with Crippen LogP contribution in [0.15, 0.2) is 59.7 Å². The fourth-order valence-electron chi connectivity index (χ4n) is 2.61. The van der Waals surface area contributed by atoms with Gasteiger partial charge >= 0.3 is 0 Å². The first-order chi connectivity index (χ1) is 12.5. The van der Waals surface area contributed by atoms with Crippen molar-refractivity contribution < 1.29 is 9.53 Å². The molecule has 3 rings (SSSR count). The first kappa shape index (κ1) is 19.3. The number of hydrogen-bond acceptors (Lipinski definition) is 4. The van der Waals surface area contributed by atoms with Gasteiger partial charge in [0.25, 0.3) is 0 Å². The van der Waals surface area contributed by atoms with E-state index in [1.807, 2.05) is 42.5 Å². The summed E-state index contributed by atoms with van der Waals surface area (Å²) in [5.41, 5.74) is 8.30. The van der Waals surface area contributed by atoms with Gasteiger partial charge in [-0.05, 0) is 41.5 Å². The van der Waals surface area contributed by atoms with Crippen molar-refractivity contribution in [3.63, 3.8) is 0 Å². The highest BCUT2D eigenvalue weighted by atomic mass is 16.5. The maximum atomic E-state index is 10.3. The lowest BCUT2D eigenvalue weighted by atomic mass is 9.99. The van der Waals surface area contributed by atoms with Crippen LogP contribution < -0.4 is 21.6 Å². The predicted octanol–water partition coefficient (Wildman–Crippen LogP) is 2.45. The normalized spacial score (nSPS) is 15.8. The number of ether oxygens (including phenoxy) is 1. The van der Waals surface area contributed by atoms with Crippen LogP contribution in [-0.2, 0) is 10.2 Å². The van der Waals surface area contributed by atoms with E-state index in [1.165, 1.54) is 18.4 Å². The Hall–Kier alpha value is -3.02. The molecule has 26 heavy (non-hydrogen) atoms. The van der Waals surface area contributed by atoms with E-state index in [0.717, 1.165) is 11.3 Å². The number of nitrogens with one attached hydrogen (secondary N) is 1. The summed E-state index contributed by atoms with van der Waals surface area (Å²) >= 11 is 0. The smallest absolute Gasteiger partial charge is 0.207 e. The summed E-state index contributed by atoms with van der Waals surface area (Å²) in [5.74, 6) is 6.16. The van der Waals surface area contributed by atoms with Crippen molar-refractivity contribution >= 4 is 12.2 Å². The number of amidine groups is 1. The van der Waals surface area contributed by atoms with Crippen molar-refractivity contribution in [2.45, 2.75) is 31.2 Å². The number of hydrazone groups is 1. The Labute approximate surface area is 154 Å². The molecule has 0 spiro atoms. The predicted molar refractivity (Wildman–Crippen MR) is 104 cm³/mol. The second kappa shape index (κ2) is 8.89. The molecule has 5 N–H and O–H groups in total. The molecule has 0 bridgehead atoms. The van der Waals surface area contributed by atoms with Crippen molar-refractivity contribution in [2.75, 3.05) is 7.11 Å². The van der Waals surface area contributed by atoms with Gasteiger partial charge in [-0.1, -0.05) is 49.4 Å². The van der Waals surface area contributed by atoms with Crippen molar-refractivity contribution in [1.29, 1.82) is 0 Å². The van der Waals surface area contributed by atoms with Crippen LogP contribution in [0.4, 0.5) is 0 Å². The maximum absolute atomic E-state index is 10.3. The van der Waals surface area contributed by atoms with E-state index in [0.29, 0.717) is 11.8 Å². The Kier molecular flexibility index (Phi) is 6.60. The summed E-state index contributed by atoms with van der Waals surface area (Å²) in [6.07, 6.45) is 3.23. The van der Waals surface area contributed by atoms with E-state index in [1.54, 1.807) is 7.11 Å². The molecule has 1 fully saturated rings. The van der Waals surface area contributed by atoms with E-state index in [-0.39, 0.29) is 5.84 Å². The standard InChI is InChI=1S/C11H14O.C9H12N4O/c1-11(7-8-11)9-3-5-10(12-2)6-4-9;10-9(13-11)8(12-6-14)7-4-2-1-3-5-7/h3-6H,7-8H2,1-2H3;1-6,8H,11H2,(H2,10,13)(H,12,14). The topological polar surface area (TPSA) is 103 Å². The zero-order valence-electron chi connectivity index (χ0n) is 15.2. The molecule has 2 aromatic carbocycles. The third kappa shape index (κ3) is 4.99. The van der Waals surface area contributed by atoms with E-state index >= 15 is 0 Å². The fraction of sp³-hybridized carbons (Fsp3) is 0.300. The molecule has 0 heterocycles. The summed E-state index contributed by atoms with van der Waals surface area (Å²) in [6, 6.07) is 17.2. The van der Waals surface area contributed by atoms with Crippen molar-refractivity contribution in [3.05, 3.63) is 65.7 Å². The number of hydrogen-bond donors (Lipinski definition) is 3. The summed E-state index contributed by atoms with van der Waals surface area (Å²) in [7, 11) is 1.70. The molecule has 0 aromatic heterocycles. The molecular formula is C20H26N4O2. The van der Waals surface area contributed by atoms with Gasteiger partial charge in [-0.25, -0.2) is 0 Å². The van der Waals surface area contributed by atoms with Gasteiger partial charge in [0, 0.05) is 0 Å². The van der Waals surface area contributed by atoms with Gasteiger partial charge in [-0.2, -0.15) is 5.10 Å². The van der Waals surface area contributed by atoms with Crippen LogP contribution in [0.25, 0.3) is 0 Å². The van der Waals surface area contributed by atoms with Crippen LogP contribution in [0, 0.1) is 0 Å². The SMILES string of the molecule is COc1ccc(C2(C)CC2)cc1.N/N=C(\N)C(NC=O)c1ccccc1. The summed E-state index contributed by atoms with van der Waals surface area (Å²) in [6.45, 7) is 2.31. The van der Waals surface area contributed by atoms with E-state index < -0.39 is 6.04 Å². The molecule has 6 heteroatoms. The highest BCUT2D eigenvalue weighted by Crippen LogP contribution is 2.47. The highest BCUT2D eigenvalue weighted by Gasteiger charge is 2.38. The summed E-state index contributed by atoms with van der Waals surface area (Å²) in [5, 5.41) is 5.89. The quantitative estimate of drug-likeness (QED) is 0.244. The largest absolute Gasteiger partial charge is 0.497 e. The number of benzene rings is 2. The van der Waals surface area contributed by atoms with Crippen LogP contribution in [0.5, 0.6) is 5.75 Å². The number of nitrogens with two attached hydrogens (primary N) is 2. The second-order valence-electron chi connectivity index (χ2n) is 6.47. The third-order valence-electron chi connectivity index (χ3n) is 4.60. The number of amides is 1. The minimum atomic E-state index is -0.460. The Balaban J connectivity index is 0.000000189. The maximum Gasteiger partial charge on any atom is 0.207 e.